The number of primary amides is 1. The SMILES string of the molecule is Cc1ccc(C[C@@H](NC(=O)C2CC2)C(N)=O)cc1C. The van der Waals surface area contributed by atoms with Crippen LogP contribution in [-0.4, -0.2) is 17.9 Å². The topological polar surface area (TPSA) is 72.2 Å². The molecule has 1 aliphatic carbocycles. The Labute approximate surface area is 113 Å². The second kappa shape index (κ2) is 5.43. The monoisotopic (exact) mass is 260 g/mol. The predicted octanol–water partition coefficient (Wildman–Crippen LogP) is 1.23. The summed E-state index contributed by atoms with van der Waals surface area (Å²) in [4.78, 5) is 23.2. The zero-order valence-corrected chi connectivity index (χ0v) is 11.4. The molecule has 4 heteroatoms. The van der Waals surface area contributed by atoms with E-state index in [9.17, 15) is 9.59 Å². The van der Waals surface area contributed by atoms with E-state index in [1.54, 1.807) is 0 Å². The van der Waals surface area contributed by atoms with Gasteiger partial charge < -0.3 is 11.1 Å². The molecular weight excluding hydrogens is 240 g/mol. The van der Waals surface area contributed by atoms with Crippen molar-refractivity contribution >= 4 is 11.8 Å². The molecule has 1 fully saturated rings. The van der Waals surface area contributed by atoms with Gasteiger partial charge in [0.25, 0.3) is 0 Å². The van der Waals surface area contributed by atoms with Gasteiger partial charge in [-0.25, -0.2) is 0 Å². The molecule has 1 saturated carbocycles. The van der Waals surface area contributed by atoms with Crippen LogP contribution in [0, 0.1) is 19.8 Å². The molecule has 19 heavy (non-hydrogen) atoms. The first kappa shape index (κ1) is 13.6. The Morgan fingerprint density at radius 1 is 1.32 bits per heavy atom. The minimum Gasteiger partial charge on any atom is -0.368 e. The van der Waals surface area contributed by atoms with Gasteiger partial charge in [-0.15, -0.1) is 0 Å². The fourth-order valence-electron chi connectivity index (χ4n) is 2.02. The Kier molecular flexibility index (Phi) is 3.88. The van der Waals surface area contributed by atoms with E-state index < -0.39 is 11.9 Å². The molecule has 2 amide bonds. The molecule has 3 N–H and O–H groups in total. The predicted molar refractivity (Wildman–Crippen MR) is 73.5 cm³/mol. The van der Waals surface area contributed by atoms with Crippen LogP contribution < -0.4 is 11.1 Å². The molecule has 0 radical (unpaired) electrons. The summed E-state index contributed by atoms with van der Waals surface area (Å²) in [5, 5.41) is 2.75. The van der Waals surface area contributed by atoms with E-state index in [0.717, 1.165) is 18.4 Å². The normalized spacial score (nSPS) is 15.9. The van der Waals surface area contributed by atoms with Crippen molar-refractivity contribution in [3.63, 3.8) is 0 Å². The lowest BCUT2D eigenvalue weighted by atomic mass is 10.0. The molecule has 0 heterocycles. The number of benzene rings is 1. The molecule has 0 bridgehead atoms. The van der Waals surface area contributed by atoms with Crippen molar-refractivity contribution < 1.29 is 9.59 Å². The highest BCUT2D eigenvalue weighted by Crippen LogP contribution is 2.29. The molecule has 0 unspecified atom stereocenters. The summed E-state index contributed by atoms with van der Waals surface area (Å²) in [7, 11) is 0. The lowest BCUT2D eigenvalue weighted by Gasteiger charge is -2.16. The minimum atomic E-state index is -0.616. The lowest BCUT2D eigenvalue weighted by Crippen LogP contribution is -2.46. The molecule has 102 valence electrons. The van der Waals surface area contributed by atoms with Crippen LogP contribution in [0.1, 0.15) is 29.5 Å². The van der Waals surface area contributed by atoms with Crippen LogP contribution in [0.4, 0.5) is 0 Å². The van der Waals surface area contributed by atoms with E-state index in [1.807, 2.05) is 32.0 Å². The third kappa shape index (κ3) is 3.56. The van der Waals surface area contributed by atoms with Gasteiger partial charge >= 0.3 is 0 Å². The molecule has 2 rings (SSSR count). The lowest BCUT2D eigenvalue weighted by molar-refractivity contribution is -0.128. The summed E-state index contributed by atoms with van der Waals surface area (Å²) in [6.45, 7) is 4.07. The number of aryl methyl sites for hydroxylation is 2. The van der Waals surface area contributed by atoms with Gasteiger partial charge in [-0.3, -0.25) is 9.59 Å². The number of carbonyl (C=O) groups excluding carboxylic acids is 2. The molecule has 0 aromatic heterocycles. The van der Waals surface area contributed by atoms with Crippen LogP contribution in [0.3, 0.4) is 0 Å². The van der Waals surface area contributed by atoms with Crippen LogP contribution in [0.25, 0.3) is 0 Å². The Hall–Kier alpha value is -1.84. The molecule has 0 saturated heterocycles. The van der Waals surface area contributed by atoms with Crippen molar-refractivity contribution in [3.05, 3.63) is 34.9 Å². The van der Waals surface area contributed by atoms with E-state index in [-0.39, 0.29) is 11.8 Å². The summed E-state index contributed by atoms with van der Waals surface area (Å²) in [6.07, 6.45) is 2.29. The zero-order valence-electron chi connectivity index (χ0n) is 11.4. The molecule has 1 atom stereocenters. The first-order valence-corrected chi connectivity index (χ1v) is 6.63. The molecule has 0 aliphatic heterocycles. The Balaban J connectivity index is 2.04. The highest BCUT2D eigenvalue weighted by atomic mass is 16.2. The standard InChI is InChI=1S/C15H20N2O2/c1-9-3-4-11(7-10(9)2)8-13(14(16)18)17-15(19)12-5-6-12/h3-4,7,12-13H,5-6,8H2,1-2H3,(H2,16,18)(H,17,19)/t13-/m1/s1. The summed E-state index contributed by atoms with van der Waals surface area (Å²) in [5.41, 5.74) is 8.77. The average Bonchev–Trinajstić information content (AvgIpc) is 3.16. The Bertz CT molecular complexity index is 507. The van der Waals surface area contributed by atoms with Crippen molar-refractivity contribution in [1.82, 2.24) is 5.32 Å². The number of nitrogens with two attached hydrogens (primary N) is 1. The molecule has 0 spiro atoms. The van der Waals surface area contributed by atoms with Crippen LogP contribution >= 0.6 is 0 Å². The summed E-state index contributed by atoms with van der Waals surface area (Å²) < 4.78 is 0. The van der Waals surface area contributed by atoms with E-state index in [1.165, 1.54) is 11.1 Å². The smallest absolute Gasteiger partial charge is 0.240 e. The van der Waals surface area contributed by atoms with Crippen molar-refractivity contribution in [2.24, 2.45) is 11.7 Å². The van der Waals surface area contributed by atoms with Crippen LogP contribution in [-0.2, 0) is 16.0 Å². The van der Waals surface area contributed by atoms with E-state index in [2.05, 4.69) is 5.32 Å². The maximum absolute atomic E-state index is 11.7. The van der Waals surface area contributed by atoms with Crippen LogP contribution in [0.15, 0.2) is 18.2 Å². The fraction of sp³-hybridized carbons (Fsp3) is 0.467. The van der Waals surface area contributed by atoms with Gasteiger partial charge in [0.15, 0.2) is 0 Å². The van der Waals surface area contributed by atoms with Crippen molar-refractivity contribution in [2.45, 2.75) is 39.2 Å². The number of hydrogen-bond donors (Lipinski definition) is 2. The first-order chi connectivity index (χ1) is 8.97. The minimum absolute atomic E-state index is 0.0485. The van der Waals surface area contributed by atoms with Gasteiger partial charge in [0.1, 0.15) is 6.04 Å². The van der Waals surface area contributed by atoms with Crippen molar-refractivity contribution in [1.29, 1.82) is 0 Å². The zero-order chi connectivity index (χ0) is 14.0. The fourth-order valence-corrected chi connectivity index (χ4v) is 2.02. The van der Waals surface area contributed by atoms with Gasteiger partial charge in [0.05, 0.1) is 0 Å². The average molecular weight is 260 g/mol. The maximum Gasteiger partial charge on any atom is 0.240 e. The Morgan fingerprint density at radius 2 is 2.00 bits per heavy atom. The van der Waals surface area contributed by atoms with Crippen molar-refractivity contribution in [2.75, 3.05) is 0 Å². The van der Waals surface area contributed by atoms with Gasteiger partial charge in [0, 0.05) is 12.3 Å². The second-order valence-electron chi connectivity index (χ2n) is 5.36. The Morgan fingerprint density at radius 3 is 2.53 bits per heavy atom. The summed E-state index contributed by atoms with van der Waals surface area (Å²) >= 11 is 0. The number of amides is 2. The first-order valence-electron chi connectivity index (χ1n) is 6.63. The largest absolute Gasteiger partial charge is 0.368 e. The van der Waals surface area contributed by atoms with E-state index >= 15 is 0 Å². The molecule has 1 aromatic carbocycles. The number of carbonyl (C=O) groups is 2. The quantitative estimate of drug-likeness (QED) is 0.835. The van der Waals surface area contributed by atoms with Crippen LogP contribution in [0.2, 0.25) is 0 Å². The molecule has 4 nitrogen and oxygen atoms in total. The molecule has 1 aromatic rings. The number of nitrogens with one attached hydrogen (secondary N) is 1. The van der Waals surface area contributed by atoms with Gasteiger partial charge in [-0.05, 0) is 43.4 Å². The number of rotatable bonds is 5. The molecular formula is C15H20N2O2. The highest BCUT2D eigenvalue weighted by Gasteiger charge is 2.32. The third-order valence-corrected chi connectivity index (χ3v) is 3.62. The second-order valence-corrected chi connectivity index (χ2v) is 5.36. The van der Waals surface area contributed by atoms with Gasteiger partial charge in [0.2, 0.25) is 11.8 Å². The van der Waals surface area contributed by atoms with Crippen molar-refractivity contribution in [3.8, 4) is 0 Å². The van der Waals surface area contributed by atoms with Gasteiger partial charge in [-0.1, -0.05) is 18.2 Å². The third-order valence-electron chi connectivity index (χ3n) is 3.62. The molecule has 1 aliphatic rings. The van der Waals surface area contributed by atoms with E-state index in [4.69, 9.17) is 5.73 Å². The summed E-state index contributed by atoms with van der Waals surface area (Å²) in [6, 6.07) is 5.41. The van der Waals surface area contributed by atoms with Crippen LogP contribution in [0.5, 0.6) is 0 Å². The van der Waals surface area contributed by atoms with E-state index in [0.29, 0.717) is 6.42 Å². The van der Waals surface area contributed by atoms with Gasteiger partial charge in [-0.2, -0.15) is 0 Å². The maximum atomic E-state index is 11.7. The highest BCUT2D eigenvalue weighted by molar-refractivity contribution is 5.88. The summed E-state index contributed by atoms with van der Waals surface area (Å²) in [5.74, 6) is -0.443. The number of hydrogen-bond acceptors (Lipinski definition) is 2.